The Balaban J connectivity index is 1.17. The van der Waals surface area contributed by atoms with Gasteiger partial charge in [0.15, 0.2) is 0 Å². The van der Waals surface area contributed by atoms with Crippen molar-refractivity contribution < 1.29 is 33.1 Å². The van der Waals surface area contributed by atoms with Crippen molar-refractivity contribution >= 4 is 46.3 Å². The Morgan fingerprint density at radius 3 is 2.21 bits per heavy atom. The zero-order chi connectivity index (χ0) is 37.7. The predicted molar refractivity (Wildman–Crippen MR) is 200 cm³/mol. The number of fused-ring (bicyclic) bond motifs is 1. The fraction of sp³-hybridized carbons (Fsp3) is 0.308. The molecule has 3 aromatic carbocycles. The number of nitrogens with two attached hydrogens (primary N) is 1. The molecule has 0 bridgehead atoms. The highest BCUT2D eigenvalue weighted by atomic mass is 16.6. The maximum Gasteiger partial charge on any atom is 0.412 e. The Hall–Kier alpha value is -5.99. The van der Waals surface area contributed by atoms with E-state index in [-0.39, 0.29) is 25.3 Å². The second-order valence-corrected chi connectivity index (χ2v) is 12.8. The number of hydrogen-bond donors (Lipinski definition) is 5. The molecule has 1 aliphatic rings. The van der Waals surface area contributed by atoms with Crippen LogP contribution in [-0.4, -0.2) is 61.6 Å². The predicted octanol–water partition coefficient (Wildman–Crippen LogP) is 4.92. The number of rotatable bonds is 13. The number of hydrogen-bond acceptors (Lipinski definition) is 10. The van der Waals surface area contributed by atoms with E-state index in [0.717, 1.165) is 22.1 Å². The minimum atomic E-state index is -0.950. The standard InChI is InChI=1S/C39H44N6O8/c1-25-21-34(46)53-33-22-30(14-15-31(25)33)42-38(49)51-24-27-10-12-29(13-11-27)41-36(47)32(9-6-18-40)43-37(48)35(28-16-19-45(2)20-17-28)44-39(50)52-23-26-7-4-3-5-8-26/h3-5,7-8,10-15,21-22,32H,6,9,16-20,23-24,40H2,1-2H3,(H,41,47)(H,42,49)(H,43,48)(H,44,50)/t32-/m0/s1. The summed E-state index contributed by atoms with van der Waals surface area (Å²) in [5.74, 6) is -1.05. The van der Waals surface area contributed by atoms with Crippen LogP contribution in [0, 0.1) is 6.92 Å². The number of nitrogens with one attached hydrogen (secondary N) is 4. The smallest absolute Gasteiger partial charge is 0.412 e. The average molecular weight is 725 g/mol. The first-order valence-corrected chi connectivity index (χ1v) is 17.3. The fourth-order valence-electron chi connectivity index (χ4n) is 5.75. The Morgan fingerprint density at radius 1 is 0.849 bits per heavy atom. The Bertz CT molecular complexity index is 2000. The Morgan fingerprint density at radius 2 is 1.51 bits per heavy atom. The van der Waals surface area contributed by atoms with Gasteiger partial charge in [-0.1, -0.05) is 42.5 Å². The number of ether oxygens (including phenoxy) is 2. The minimum Gasteiger partial charge on any atom is -0.444 e. The molecule has 1 atom stereocenters. The summed E-state index contributed by atoms with van der Waals surface area (Å²) in [6.07, 6.45) is 0.392. The quantitative estimate of drug-likeness (QED) is 0.0934. The summed E-state index contributed by atoms with van der Waals surface area (Å²) in [7, 11) is 1.99. The normalized spacial score (nSPS) is 13.5. The molecule has 1 aliphatic heterocycles. The molecule has 0 aliphatic carbocycles. The summed E-state index contributed by atoms with van der Waals surface area (Å²) < 4.78 is 16.0. The van der Waals surface area contributed by atoms with Crippen molar-refractivity contribution in [2.45, 2.75) is 51.9 Å². The first kappa shape index (κ1) is 38.2. The van der Waals surface area contributed by atoms with E-state index in [1.54, 1.807) is 49.4 Å². The van der Waals surface area contributed by atoms with Crippen molar-refractivity contribution in [1.29, 1.82) is 0 Å². The lowest BCUT2D eigenvalue weighted by molar-refractivity contribution is -0.124. The van der Waals surface area contributed by atoms with Crippen LogP contribution in [0.1, 0.15) is 42.4 Å². The zero-order valence-electron chi connectivity index (χ0n) is 29.7. The molecular formula is C39H44N6O8. The molecule has 5 rings (SSSR count). The van der Waals surface area contributed by atoms with Crippen LogP contribution in [0.2, 0.25) is 0 Å². The molecule has 4 aromatic rings. The van der Waals surface area contributed by atoms with Crippen molar-refractivity contribution in [3.63, 3.8) is 0 Å². The number of aryl methyl sites for hydroxylation is 1. The first-order chi connectivity index (χ1) is 25.6. The largest absolute Gasteiger partial charge is 0.444 e. The third-order valence-electron chi connectivity index (χ3n) is 8.72. The summed E-state index contributed by atoms with van der Waals surface area (Å²) in [4.78, 5) is 66.3. The van der Waals surface area contributed by atoms with E-state index in [0.29, 0.717) is 61.4 Å². The van der Waals surface area contributed by atoms with Crippen LogP contribution in [0.25, 0.3) is 11.0 Å². The fourth-order valence-corrected chi connectivity index (χ4v) is 5.75. The summed E-state index contributed by atoms with van der Waals surface area (Å²) in [6.45, 7) is 3.51. The number of carbonyl (C=O) groups is 4. The number of carbonyl (C=O) groups excluding carboxylic acids is 4. The highest BCUT2D eigenvalue weighted by Gasteiger charge is 2.27. The van der Waals surface area contributed by atoms with Gasteiger partial charge in [0.2, 0.25) is 5.91 Å². The Kier molecular flexibility index (Phi) is 13.3. The summed E-state index contributed by atoms with van der Waals surface area (Å²) in [5, 5.41) is 11.7. The molecule has 53 heavy (non-hydrogen) atoms. The van der Waals surface area contributed by atoms with E-state index in [1.165, 1.54) is 6.07 Å². The van der Waals surface area contributed by atoms with Gasteiger partial charge in [0.05, 0.1) is 0 Å². The third-order valence-corrected chi connectivity index (χ3v) is 8.72. The van der Waals surface area contributed by atoms with Gasteiger partial charge in [-0.3, -0.25) is 20.2 Å². The van der Waals surface area contributed by atoms with E-state index in [2.05, 4.69) is 26.2 Å². The van der Waals surface area contributed by atoms with E-state index >= 15 is 0 Å². The number of likely N-dealkylation sites (tertiary alicyclic amines) is 1. The van der Waals surface area contributed by atoms with Crippen LogP contribution in [0.15, 0.2) is 99.3 Å². The second-order valence-electron chi connectivity index (χ2n) is 12.8. The Labute approximate surface area is 306 Å². The van der Waals surface area contributed by atoms with E-state index < -0.39 is 35.7 Å². The third kappa shape index (κ3) is 11.2. The van der Waals surface area contributed by atoms with Gasteiger partial charge in [-0.15, -0.1) is 0 Å². The van der Waals surface area contributed by atoms with Crippen molar-refractivity contribution in [3.05, 3.63) is 117 Å². The lowest BCUT2D eigenvalue weighted by Crippen LogP contribution is -2.47. The summed E-state index contributed by atoms with van der Waals surface area (Å²) >= 11 is 0. The number of nitrogens with zero attached hydrogens (tertiary/aromatic N) is 1. The van der Waals surface area contributed by atoms with Crippen LogP contribution in [-0.2, 0) is 32.3 Å². The van der Waals surface area contributed by atoms with Crippen LogP contribution in [0.3, 0.4) is 0 Å². The monoisotopic (exact) mass is 724 g/mol. The molecule has 4 amide bonds. The molecule has 1 saturated heterocycles. The molecule has 1 fully saturated rings. The molecule has 2 heterocycles. The molecule has 0 spiro atoms. The van der Waals surface area contributed by atoms with Gasteiger partial charge in [0.25, 0.3) is 5.91 Å². The summed E-state index contributed by atoms with van der Waals surface area (Å²) in [6, 6.07) is 21.3. The van der Waals surface area contributed by atoms with Gasteiger partial charge in [0.1, 0.15) is 30.5 Å². The lowest BCUT2D eigenvalue weighted by Gasteiger charge is -2.27. The van der Waals surface area contributed by atoms with Gasteiger partial charge >= 0.3 is 17.8 Å². The van der Waals surface area contributed by atoms with Gasteiger partial charge in [0, 0.05) is 42.0 Å². The molecule has 14 nitrogen and oxygen atoms in total. The van der Waals surface area contributed by atoms with Gasteiger partial charge < -0.3 is 35.2 Å². The van der Waals surface area contributed by atoms with Crippen molar-refractivity contribution in [1.82, 2.24) is 15.5 Å². The number of benzene rings is 3. The summed E-state index contributed by atoms with van der Waals surface area (Å²) in [5.41, 5.74) is 9.55. The molecule has 6 N–H and O–H groups in total. The van der Waals surface area contributed by atoms with Crippen LogP contribution in [0.5, 0.6) is 0 Å². The maximum atomic E-state index is 13.7. The molecule has 0 unspecified atom stereocenters. The number of anilines is 2. The minimum absolute atomic E-state index is 0.0340. The molecule has 278 valence electrons. The van der Waals surface area contributed by atoms with Crippen molar-refractivity contribution in [3.8, 4) is 0 Å². The van der Waals surface area contributed by atoms with Crippen molar-refractivity contribution in [2.75, 3.05) is 37.3 Å². The van der Waals surface area contributed by atoms with E-state index in [4.69, 9.17) is 19.6 Å². The molecule has 1 aromatic heterocycles. The van der Waals surface area contributed by atoms with Gasteiger partial charge in [-0.25, -0.2) is 14.4 Å². The van der Waals surface area contributed by atoms with Gasteiger partial charge in [-0.2, -0.15) is 0 Å². The highest BCUT2D eigenvalue weighted by molar-refractivity contribution is 6.02. The van der Waals surface area contributed by atoms with Crippen LogP contribution in [0.4, 0.5) is 21.0 Å². The van der Waals surface area contributed by atoms with Crippen LogP contribution >= 0.6 is 0 Å². The van der Waals surface area contributed by atoms with E-state index in [9.17, 15) is 24.0 Å². The molecular weight excluding hydrogens is 680 g/mol. The first-order valence-electron chi connectivity index (χ1n) is 17.3. The molecule has 0 radical (unpaired) electrons. The second kappa shape index (κ2) is 18.5. The van der Waals surface area contributed by atoms with Gasteiger partial charge in [-0.05, 0) is 92.7 Å². The van der Waals surface area contributed by atoms with Crippen molar-refractivity contribution in [2.24, 2.45) is 5.73 Å². The number of alkyl carbamates (subject to hydrolysis) is 1. The average Bonchev–Trinajstić information content (AvgIpc) is 3.15. The SMILES string of the molecule is Cc1cc(=O)oc2cc(NC(=O)OCc3ccc(NC(=O)[C@H](CCCN)NC(=O)C(NC(=O)OCc4ccccc4)=C4CCN(C)CC4)cc3)ccc12. The molecule has 14 heteroatoms. The van der Waals surface area contributed by atoms with Crippen LogP contribution < -0.4 is 32.6 Å². The maximum absolute atomic E-state index is 13.7. The lowest BCUT2D eigenvalue weighted by atomic mass is 10.0. The topological polar surface area (TPSA) is 194 Å². The van der Waals surface area contributed by atoms with E-state index in [1.807, 2.05) is 37.4 Å². The molecule has 0 saturated carbocycles. The highest BCUT2D eigenvalue weighted by Crippen LogP contribution is 2.22. The number of piperidine rings is 1. The number of amides is 4. The zero-order valence-corrected chi connectivity index (χ0v) is 29.7.